The molecule has 1 aliphatic heterocycles. The van der Waals surface area contributed by atoms with E-state index in [2.05, 4.69) is 5.32 Å². The van der Waals surface area contributed by atoms with Gasteiger partial charge in [0.15, 0.2) is 17.5 Å². The van der Waals surface area contributed by atoms with Crippen molar-refractivity contribution in [2.75, 3.05) is 36.4 Å². The average molecular weight is 393 g/mol. The number of urea groups is 1. The minimum absolute atomic E-state index is 0.000278. The minimum atomic E-state index is -1.48. The molecule has 0 aliphatic carbocycles. The number of carbonyl (C=O) groups excluding carboxylic acids is 1. The van der Waals surface area contributed by atoms with Gasteiger partial charge in [-0.15, -0.1) is 0 Å². The summed E-state index contributed by atoms with van der Waals surface area (Å²) in [5.74, 6) is -3.19. The summed E-state index contributed by atoms with van der Waals surface area (Å²) in [5, 5.41) is 2.80. The fourth-order valence-electron chi connectivity index (χ4n) is 3.00. The maximum absolute atomic E-state index is 13.9. The van der Waals surface area contributed by atoms with Gasteiger partial charge in [0.05, 0.1) is 11.8 Å². The van der Waals surface area contributed by atoms with Crippen molar-refractivity contribution in [3.05, 3.63) is 53.8 Å². The minimum Gasteiger partial charge on any atom is -0.491 e. The second kappa shape index (κ2) is 8.41. The van der Waals surface area contributed by atoms with Crippen LogP contribution < -0.4 is 15.0 Å². The Kier molecular flexibility index (Phi) is 5.96. The monoisotopic (exact) mass is 393 g/mol. The highest BCUT2D eigenvalue weighted by Gasteiger charge is 2.25. The predicted molar refractivity (Wildman–Crippen MR) is 101 cm³/mol. The molecule has 0 aromatic heterocycles. The molecule has 0 spiro atoms. The molecule has 5 nitrogen and oxygen atoms in total. The number of anilines is 2. The van der Waals surface area contributed by atoms with E-state index in [-0.39, 0.29) is 17.8 Å². The summed E-state index contributed by atoms with van der Waals surface area (Å²) in [6, 6.07) is 8.90. The Morgan fingerprint density at radius 3 is 2.21 bits per heavy atom. The number of nitrogens with one attached hydrogen (secondary N) is 1. The first-order chi connectivity index (χ1) is 13.3. The van der Waals surface area contributed by atoms with E-state index in [1.54, 1.807) is 34.1 Å². The van der Waals surface area contributed by atoms with Crippen molar-refractivity contribution < 1.29 is 22.7 Å². The standard InChI is InChI=1S/C20H22F3N3O2/c1-13(2)28-15-5-3-14(4-6-15)24-20(27)26-11-9-25(10-12-26)17-8-7-16(21)18(22)19(17)23/h3-8,13H,9-12H2,1-2H3,(H,24,27). The lowest BCUT2D eigenvalue weighted by molar-refractivity contribution is 0.208. The third kappa shape index (κ3) is 4.49. The first kappa shape index (κ1) is 19.9. The number of nitrogens with zero attached hydrogens (tertiary/aromatic N) is 2. The van der Waals surface area contributed by atoms with Crippen LogP contribution in [0.1, 0.15) is 13.8 Å². The van der Waals surface area contributed by atoms with Gasteiger partial charge in [0, 0.05) is 31.9 Å². The molecule has 2 aromatic carbocycles. The van der Waals surface area contributed by atoms with Gasteiger partial charge >= 0.3 is 6.03 Å². The van der Waals surface area contributed by atoms with Crippen LogP contribution in [0.15, 0.2) is 36.4 Å². The molecule has 3 rings (SSSR count). The fourth-order valence-corrected chi connectivity index (χ4v) is 3.00. The fraction of sp³-hybridized carbons (Fsp3) is 0.350. The molecule has 28 heavy (non-hydrogen) atoms. The van der Waals surface area contributed by atoms with E-state index in [9.17, 15) is 18.0 Å². The number of carbonyl (C=O) groups is 1. The highest BCUT2D eigenvalue weighted by molar-refractivity contribution is 5.89. The van der Waals surface area contributed by atoms with Crippen LogP contribution in [0.5, 0.6) is 5.75 Å². The van der Waals surface area contributed by atoms with Crippen LogP contribution in [0.2, 0.25) is 0 Å². The SMILES string of the molecule is CC(C)Oc1ccc(NC(=O)N2CCN(c3ccc(F)c(F)c3F)CC2)cc1. The number of amides is 2. The zero-order valence-electron chi connectivity index (χ0n) is 15.7. The molecule has 1 saturated heterocycles. The highest BCUT2D eigenvalue weighted by Crippen LogP contribution is 2.25. The first-order valence-corrected chi connectivity index (χ1v) is 9.06. The number of hydrogen-bond acceptors (Lipinski definition) is 3. The highest BCUT2D eigenvalue weighted by atomic mass is 19.2. The molecule has 2 amide bonds. The lowest BCUT2D eigenvalue weighted by atomic mass is 10.2. The van der Waals surface area contributed by atoms with Gasteiger partial charge in [0.25, 0.3) is 0 Å². The van der Waals surface area contributed by atoms with Gasteiger partial charge in [-0.2, -0.15) is 0 Å². The van der Waals surface area contributed by atoms with Crippen molar-refractivity contribution in [1.82, 2.24) is 4.90 Å². The van der Waals surface area contributed by atoms with Crippen molar-refractivity contribution in [1.29, 1.82) is 0 Å². The van der Waals surface area contributed by atoms with E-state index in [4.69, 9.17) is 4.74 Å². The molecule has 0 unspecified atom stereocenters. The van der Waals surface area contributed by atoms with Crippen LogP contribution in [0.25, 0.3) is 0 Å². The molecule has 0 radical (unpaired) electrons. The van der Waals surface area contributed by atoms with Crippen LogP contribution in [-0.2, 0) is 0 Å². The van der Waals surface area contributed by atoms with Crippen molar-refractivity contribution in [3.63, 3.8) is 0 Å². The zero-order chi connectivity index (χ0) is 20.3. The summed E-state index contributed by atoms with van der Waals surface area (Å²) >= 11 is 0. The molecule has 1 fully saturated rings. The van der Waals surface area contributed by atoms with Crippen molar-refractivity contribution in [2.45, 2.75) is 20.0 Å². The van der Waals surface area contributed by atoms with E-state index in [0.717, 1.165) is 11.8 Å². The number of ether oxygens (including phenoxy) is 1. The van der Waals surface area contributed by atoms with Gasteiger partial charge < -0.3 is 19.9 Å². The van der Waals surface area contributed by atoms with Gasteiger partial charge in [0.2, 0.25) is 0 Å². The molecule has 150 valence electrons. The smallest absolute Gasteiger partial charge is 0.321 e. The topological polar surface area (TPSA) is 44.8 Å². The van der Waals surface area contributed by atoms with Crippen LogP contribution in [0, 0.1) is 17.5 Å². The van der Waals surface area contributed by atoms with Crippen molar-refractivity contribution >= 4 is 17.4 Å². The second-order valence-corrected chi connectivity index (χ2v) is 6.79. The number of benzene rings is 2. The Morgan fingerprint density at radius 1 is 0.964 bits per heavy atom. The predicted octanol–water partition coefficient (Wildman–Crippen LogP) is 4.25. The third-order valence-electron chi connectivity index (χ3n) is 4.40. The van der Waals surface area contributed by atoms with E-state index in [1.165, 1.54) is 6.07 Å². The van der Waals surface area contributed by atoms with Gasteiger partial charge in [-0.1, -0.05) is 0 Å². The molecule has 0 saturated carbocycles. The van der Waals surface area contributed by atoms with Crippen molar-refractivity contribution in [2.24, 2.45) is 0 Å². The van der Waals surface area contributed by atoms with Crippen molar-refractivity contribution in [3.8, 4) is 5.75 Å². The molecule has 0 atom stereocenters. The lowest BCUT2D eigenvalue weighted by Crippen LogP contribution is -2.50. The number of hydrogen-bond donors (Lipinski definition) is 1. The normalized spacial score (nSPS) is 14.4. The largest absolute Gasteiger partial charge is 0.491 e. The molecule has 1 aliphatic rings. The van der Waals surface area contributed by atoms with Gasteiger partial charge in [-0.25, -0.2) is 18.0 Å². The first-order valence-electron chi connectivity index (χ1n) is 9.06. The van der Waals surface area contributed by atoms with Gasteiger partial charge in [0.1, 0.15) is 5.75 Å². The van der Waals surface area contributed by atoms with Crippen LogP contribution >= 0.6 is 0 Å². The maximum atomic E-state index is 13.9. The summed E-state index contributed by atoms with van der Waals surface area (Å²) in [4.78, 5) is 15.6. The van der Waals surface area contributed by atoms with E-state index >= 15 is 0 Å². The van der Waals surface area contributed by atoms with Crippen LogP contribution in [0.3, 0.4) is 0 Å². The molecular weight excluding hydrogens is 371 g/mol. The summed E-state index contributed by atoms with van der Waals surface area (Å²) in [7, 11) is 0. The summed E-state index contributed by atoms with van der Waals surface area (Å²) in [5.41, 5.74) is 0.634. The number of halogens is 3. The Balaban J connectivity index is 1.56. The zero-order valence-corrected chi connectivity index (χ0v) is 15.7. The molecule has 2 aromatic rings. The summed E-state index contributed by atoms with van der Waals surface area (Å²) < 4.78 is 46.0. The maximum Gasteiger partial charge on any atom is 0.321 e. The summed E-state index contributed by atoms with van der Waals surface area (Å²) in [6.07, 6.45) is 0.0659. The van der Waals surface area contributed by atoms with Crippen LogP contribution in [0.4, 0.5) is 29.3 Å². The summed E-state index contributed by atoms with van der Waals surface area (Å²) in [6.45, 7) is 5.16. The third-order valence-corrected chi connectivity index (χ3v) is 4.40. The molecular formula is C20H22F3N3O2. The van der Waals surface area contributed by atoms with E-state index in [0.29, 0.717) is 31.9 Å². The Bertz CT molecular complexity index is 835. The Labute approximate surface area is 161 Å². The molecule has 1 heterocycles. The molecule has 0 bridgehead atoms. The number of rotatable bonds is 4. The van der Waals surface area contributed by atoms with Gasteiger partial charge in [-0.05, 0) is 50.2 Å². The van der Waals surface area contributed by atoms with Crippen LogP contribution in [-0.4, -0.2) is 43.2 Å². The quantitative estimate of drug-likeness (QED) is 0.790. The Morgan fingerprint density at radius 2 is 1.61 bits per heavy atom. The molecule has 1 N–H and O–H groups in total. The molecule has 8 heteroatoms. The number of piperazine rings is 1. The van der Waals surface area contributed by atoms with E-state index in [1.807, 2.05) is 13.8 Å². The van der Waals surface area contributed by atoms with E-state index < -0.39 is 17.5 Å². The Hall–Kier alpha value is -2.90. The lowest BCUT2D eigenvalue weighted by Gasteiger charge is -2.36. The average Bonchev–Trinajstić information content (AvgIpc) is 2.67. The van der Waals surface area contributed by atoms with Gasteiger partial charge in [-0.3, -0.25) is 0 Å². The second-order valence-electron chi connectivity index (χ2n) is 6.79.